The van der Waals surface area contributed by atoms with Crippen LogP contribution in [0.15, 0.2) is 28.8 Å². The summed E-state index contributed by atoms with van der Waals surface area (Å²) < 4.78 is 5.07. The van der Waals surface area contributed by atoms with Crippen LogP contribution in [-0.2, 0) is 6.54 Å². The summed E-state index contributed by atoms with van der Waals surface area (Å²) in [4.78, 5) is 21.1. The van der Waals surface area contributed by atoms with Gasteiger partial charge in [0.15, 0.2) is 5.82 Å². The summed E-state index contributed by atoms with van der Waals surface area (Å²) in [7, 11) is 4.07. The Labute approximate surface area is 142 Å². The smallest absolute Gasteiger partial charge is 0.253 e. The molecular weight excluding hydrogens is 304 g/mol. The molecule has 0 N–H and O–H groups in total. The van der Waals surface area contributed by atoms with E-state index in [1.165, 1.54) is 5.56 Å². The summed E-state index contributed by atoms with van der Waals surface area (Å²) in [5.41, 5.74) is 1.94. The Balaban J connectivity index is 1.67. The number of aryl methyl sites for hydroxylation is 1. The molecule has 2 aromatic rings. The Kier molecular flexibility index (Phi) is 4.94. The minimum atomic E-state index is 0.0799. The van der Waals surface area contributed by atoms with Crippen molar-refractivity contribution >= 4 is 5.91 Å². The number of hydrogen-bond acceptors (Lipinski definition) is 5. The summed E-state index contributed by atoms with van der Waals surface area (Å²) >= 11 is 0. The second kappa shape index (κ2) is 7.13. The Bertz CT molecular complexity index is 693. The van der Waals surface area contributed by atoms with Crippen LogP contribution in [0.2, 0.25) is 0 Å². The number of amides is 1. The minimum Gasteiger partial charge on any atom is -0.340 e. The van der Waals surface area contributed by atoms with Crippen molar-refractivity contribution in [2.75, 3.05) is 27.2 Å². The van der Waals surface area contributed by atoms with Gasteiger partial charge in [0.2, 0.25) is 5.89 Å². The van der Waals surface area contributed by atoms with Crippen LogP contribution < -0.4 is 0 Å². The average molecular weight is 328 g/mol. The number of hydrogen-bond donors (Lipinski definition) is 0. The van der Waals surface area contributed by atoms with Crippen molar-refractivity contribution in [2.45, 2.75) is 32.2 Å². The molecular formula is C18H24N4O2. The van der Waals surface area contributed by atoms with E-state index < -0.39 is 0 Å². The molecule has 6 heteroatoms. The van der Waals surface area contributed by atoms with Gasteiger partial charge in [-0.2, -0.15) is 4.98 Å². The van der Waals surface area contributed by atoms with E-state index in [2.05, 4.69) is 15.0 Å². The van der Waals surface area contributed by atoms with Crippen LogP contribution in [0.1, 0.15) is 46.4 Å². The van der Waals surface area contributed by atoms with Gasteiger partial charge in [-0.3, -0.25) is 4.79 Å². The van der Waals surface area contributed by atoms with Gasteiger partial charge in [0.05, 0.1) is 0 Å². The lowest BCUT2D eigenvalue weighted by atomic mass is 9.96. The quantitative estimate of drug-likeness (QED) is 0.863. The molecule has 1 saturated heterocycles. The number of carbonyl (C=O) groups excluding carboxylic acids is 1. The molecule has 1 aromatic carbocycles. The van der Waals surface area contributed by atoms with Crippen molar-refractivity contribution in [3.63, 3.8) is 0 Å². The zero-order chi connectivity index (χ0) is 17.1. The molecule has 1 unspecified atom stereocenters. The fourth-order valence-corrected chi connectivity index (χ4v) is 3.15. The number of aromatic nitrogens is 2. The van der Waals surface area contributed by atoms with E-state index in [9.17, 15) is 4.79 Å². The van der Waals surface area contributed by atoms with Gasteiger partial charge in [-0.05, 0) is 44.6 Å². The normalized spacial score (nSPS) is 18.2. The highest BCUT2D eigenvalue weighted by atomic mass is 16.5. The van der Waals surface area contributed by atoms with E-state index in [0.717, 1.165) is 31.5 Å². The summed E-state index contributed by atoms with van der Waals surface area (Å²) in [5.74, 6) is 1.53. The maximum absolute atomic E-state index is 12.8. The zero-order valence-electron chi connectivity index (χ0n) is 14.5. The summed E-state index contributed by atoms with van der Waals surface area (Å²) in [6.45, 7) is 4.10. The van der Waals surface area contributed by atoms with Crippen LogP contribution in [-0.4, -0.2) is 53.0 Å². The Morgan fingerprint density at radius 2 is 2.08 bits per heavy atom. The largest absolute Gasteiger partial charge is 0.340 e. The lowest BCUT2D eigenvalue weighted by Gasteiger charge is -2.31. The zero-order valence-corrected chi connectivity index (χ0v) is 14.5. The molecule has 1 aromatic heterocycles. The Morgan fingerprint density at radius 1 is 1.33 bits per heavy atom. The molecule has 2 heterocycles. The van der Waals surface area contributed by atoms with Gasteiger partial charge < -0.3 is 14.3 Å². The van der Waals surface area contributed by atoms with Crippen LogP contribution in [0.5, 0.6) is 0 Å². The van der Waals surface area contributed by atoms with Crippen LogP contribution in [0.3, 0.4) is 0 Å². The van der Waals surface area contributed by atoms with Gasteiger partial charge in [-0.25, -0.2) is 0 Å². The third-order valence-corrected chi connectivity index (χ3v) is 4.32. The first-order valence-electron chi connectivity index (χ1n) is 8.36. The maximum Gasteiger partial charge on any atom is 0.253 e. The summed E-state index contributed by atoms with van der Waals surface area (Å²) in [6, 6.07) is 7.89. The van der Waals surface area contributed by atoms with Crippen molar-refractivity contribution in [1.29, 1.82) is 0 Å². The first-order valence-corrected chi connectivity index (χ1v) is 8.36. The van der Waals surface area contributed by atoms with Crippen LogP contribution >= 0.6 is 0 Å². The van der Waals surface area contributed by atoms with Gasteiger partial charge in [-0.15, -0.1) is 0 Å². The van der Waals surface area contributed by atoms with Crippen molar-refractivity contribution in [1.82, 2.24) is 19.9 Å². The van der Waals surface area contributed by atoms with Gasteiger partial charge in [0.25, 0.3) is 5.91 Å². The fourth-order valence-electron chi connectivity index (χ4n) is 3.15. The second-order valence-corrected chi connectivity index (χ2v) is 6.70. The van der Waals surface area contributed by atoms with E-state index in [-0.39, 0.29) is 11.8 Å². The van der Waals surface area contributed by atoms with Crippen molar-refractivity contribution in [2.24, 2.45) is 0 Å². The summed E-state index contributed by atoms with van der Waals surface area (Å²) in [6.07, 6.45) is 1.95. The fraction of sp³-hybridized carbons (Fsp3) is 0.500. The van der Waals surface area contributed by atoms with Crippen molar-refractivity contribution in [3.05, 3.63) is 47.1 Å². The van der Waals surface area contributed by atoms with E-state index in [0.29, 0.717) is 18.3 Å². The number of nitrogens with zero attached hydrogens (tertiary/aromatic N) is 4. The predicted molar refractivity (Wildman–Crippen MR) is 90.7 cm³/mol. The maximum atomic E-state index is 12.8. The molecule has 6 nitrogen and oxygen atoms in total. The molecule has 1 fully saturated rings. The summed E-state index contributed by atoms with van der Waals surface area (Å²) in [5, 5.41) is 4.02. The predicted octanol–water partition coefficient (Wildman–Crippen LogP) is 2.46. The molecule has 3 rings (SSSR count). The van der Waals surface area contributed by atoms with Crippen molar-refractivity contribution in [3.8, 4) is 0 Å². The van der Waals surface area contributed by atoms with E-state index in [1.54, 1.807) is 6.92 Å². The standard InChI is InChI=1S/C18H24N4O2/c1-13-19-17(20-24-13)16-5-4-10-22(12-16)18(23)15-8-6-14(7-9-15)11-21(2)3/h6-9,16H,4-5,10-12H2,1-3H3. The Hall–Kier alpha value is -2.21. The SMILES string of the molecule is Cc1nc(C2CCCN(C(=O)c3ccc(CN(C)C)cc3)C2)no1. The molecule has 1 atom stereocenters. The third kappa shape index (κ3) is 3.82. The highest BCUT2D eigenvalue weighted by Gasteiger charge is 2.28. The van der Waals surface area contributed by atoms with E-state index in [4.69, 9.17) is 4.52 Å². The molecule has 1 aliphatic heterocycles. The highest BCUT2D eigenvalue weighted by Crippen LogP contribution is 2.26. The molecule has 0 spiro atoms. The molecule has 0 saturated carbocycles. The van der Waals surface area contributed by atoms with E-state index in [1.807, 2.05) is 43.3 Å². The van der Waals surface area contributed by atoms with E-state index >= 15 is 0 Å². The first-order chi connectivity index (χ1) is 11.5. The molecule has 24 heavy (non-hydrogen) atoms. The monoisotopic (exact) mass is 328 g/mol. The highest BCUT2D eigenvalue weighted by molar-refractivity contribution is 5.94. The van der Waals surface area contributed by atoms with Gasteiger partial charge in [0.1, 0.15) is 0 Å². The number of piperidine rings is 1. The number of benzene rings is 1. The van der Waals surface area contributed by atoms with Crippen molar-refractivity contribution < 1.29 is 9.32 Å². The first kappa shape index (κ1) is 16.6. The number of carbonyl (C=O) groups is 1. The molecule has 128 valence electrons. The second-order valence-electron chi connectivity index (χ2n) is 6.70. The lowest BCUT2D eigenvalue weighted by molar-refractivity contribution is 0.0703. The van der Waals surface area contributed by atoms with Crippen LogP contribution in [0.4, 0.5) is 0 Å². The number of rotatable bonds is 4. The minimum absolute atomic E-state index is 0.0799. The van der Waals surface area contributed by atoms with Gasteiger partial charge in [-0.1, -0.05) is 17.3 Å². The molecule has 1 amide bonds. The lowest BCUT2D eigenvalue weighted by Crippen LogP contribution is -2.39. The number of likely N-dealkylation sites (tertiary alicyclic amines) is 1. The van der Waals surface area contributed by atoms with Crippen LogP contribution in [0.25, 0.3) is 0 Å². The van der Waals surface area contributed by atoms with Crippen LogP contribution in [0, 0.1) is 6.92 Å². The topological polar surface area (TPSA) is 62.5 Å². The molecule has 1 aliphatic rings. The molecule has 0 bridgehead atoms. The molecule has 0 aliphatic carbocycles. The third-order valence-electron chi connectivity index (χ3n) is 4.32. The van der Waals surface area contributed by atoms with Gasteiger partial charge in [0, 0.05) is 38.0 Å². The molecule has 0 radical (unpaired) electrons. The Morgan fingerprint density at radius 3 is 2.71 bits per heavy atom. The average Bonchev–Trinajstić information content (AvgIpc) is 3.01. The van der Waals surface area contributed by atoms with Gasteiger partial charge >= 0.3 is 0 Å².